The summed E-state index contributed by atoms with van der Waals surface area (Å²) in [6.45, 7) is 0. The summed E-state index contributed by atoms with van der Waals surface area (Å²) in [5.41, 5.74) is 2.13. The molecule has 3 aromatic rings. The number of nitrogens with one attached hydrogen (secondary N) is 1. The normalized spacial score (nSPS) is 14.4. The van der Waals surface area contributed by atoms with Gasteiger partial charge in [-0.15, -0.1) is 0 Å². The SMILES string of the molecule is COc1cccc(NC(=O)CSC2=NC(=Cc3ccccc3)C(=O)N2c2ccc(F)cc2)c1. The number of benzene rings is 3. The van der Waals surface area contributed by atoms with E-state index in [1.165, 1.54) is 29.2 Å². The Morgan fingerprint density at radius 3 is 2.58 bits per heavy atom. The van der Waals surface area contributed by atoms with Gasteiger partial charge in [0.25, 0.3) is 5.91 Å². The highest BCUT2D eigenvalue weighted by Crippen LogP contribution is 2.29. The number of thioether (sulfide) groups is 1. The molecule has 0 aliphatic carbocycles. The van der Waals surface area contributed by atoms with Crippen molar-refractivity contribution in [3.63, 3.8) is 0 Å². The third-order valence-electron chi connectivity index (χ3n) is 4.70. The summed E-state index contributed by atoms with van der Waals surface area (Å²) in [6, 6.07) is 21.9. The van der Waals surface area contributed by atoms with E-state index in [1.54, 1.807) is 37.5 Å². The van der Waals surface area contributed by atoms with E-state index in [2.05, 4.69) is 10.3 Å². The zero-order valence-corrected chi connectivity index (χ0v) is 18.5. The molecule has 0 aromatic heterocycles. The topological polar surface area (TPSA) is 71.0 Å². The van der Waals surface area contributed by atoms with E-state index in [0.717, 1.165) is 17.3 Å². The molecule has 8 heteroatoms. The van der Waals surface area contributed by atoms with Crippen molar-refractivity contribution in [2.45, 2.75) is 0 Å². The van der Waals surface area contributed by atoms with Crippen molar-refractivity contribution in [3.05, 3.63) is 95.9 Å². The second-order valence-electron chi connectivity index (χ2n) is 7.02. The summed E-state index contributed by atoms with van der Waals surface area (Å²) in [6.07, 6.45) is 1.68. The van der Waals surface area contributed by atoms with Crippen LogP contribution in [0.15, 0.2) is 89.6 Å². The van der Waals surface area contributed by atoms with Crippen LogP contribution in [-0.2, 0) is 9.59 Å². The van der Waals surface area contributed by atoms with E-state index >= 15 is 0 Å². The van der Waals surface area contributed by atoms with Crippen molar-refractivity contribution in [2.24, 2.45) is 4.99 Å². The first-order valence-corrected chi connectivity index (χ1v) is 11.0. The number of hydrogen-bond acceptors (Lipinski definition) is 5. The van der Waals surface area contributed by atoms with Gasteiger partial charge in [-0.05, 0) is 48.0 Å². The van der Waals surface area contributed by atoms with Crippen LogP contribution in [0.5, 0.6) is 5.75 Å². The average Bonchev–Trinajstić information content (AvgIpc) is 3.14. The average molecular weight is 462 g/mol. The number of methoxy groups -OCH3 is 1. The molecule has 166 valence electrons. The number of hydrogen-bond donors (Lipinski definition) is 1. The van der Waals surface area contributed by atoms with Crippen LogP contribution in [0.1, 0.15) is 5.56 Å². The van der Waals surface area contributed by atoms with E-state index in [1.807, 2.05) is 30.3 Å². The van der Waals surface area contributed by atoms with Crippen LogP contribution >= 0.6 is 11.8 Å². The number of ether oxygens (including phenoxy) is 1. The number of anilines is 2. The fraction of sp³-hybridized carbons (Fsp3) is 0.0800. The van der Waals surface area contributed by atoms with Crippen molar-refractivity contribution in [3.8, 4) is 5.75 Å². The fourth-order valence-corrected chi connectivity index (χ4v) is 3.96. The standard InChI is InChI=1S/C25H20FN3O3S/c1-32-21-9-5-8-19(15-21)27-23(30)16-33-25-28-22(14-17-6-3-2-4-7-17)24(31)29(25)20-12-10-18(26)11-13-20/h2-15H,16H2,1H3,(H,27,30). The van der Waals surface area contributed by atoms with Crippen molar-refractivity contribution < 1.29 is 18.7 Å². The lowest BCUT2D eigenvalue weighted by atomic mass is 10.2. The molecular formula is C25H20FN3O3S. The maximum Gasteiger partial charge on any atom is 0.283 e. The van der Waals surface area contributed by atoms with E-state index in [0.29, 0.717) is 22.3 Å². The molecule has 0 bridgehead atoms. The minimum atomic E-state index is -0.408. The van der Waals surface area contributed by atoms with Gasteiger partial charge in [0.2, 0.25) is 5.91 Å². The van der Waals surface area contributed by atoms with Gasteiger partial charge in [0, 0.05) is 11.8 Å². The summed E-state index contributed by atoms with van der Waals surface area (Å²) < 4.78 is 18.6. The van der Waals surface area contributed by atoms with Gasteiger partial charge in [-0.2, -0.15) is 0 Å². The van der Waals surface area contributed by atoms with Crippen LogP contribution in [0.3, 0.4) is 0 Å². The first-order chi connectivity index (χ1) is 16.0. The molecule has 4 rings (SSSR count). The molecule has 33 heavy (non-hydrogen) atoms. The highest BCUT2D eigenvalue weighted by Gasteiger charge is 2.32. The van der Waals surface area contributed by atoms with Gasteiger partial charge in [-0.1, -0.05) is 48.2 Å². The van der Waals surface area contributed by atoms with Gasteiger partial charge < -0.3 is 10.1 Å². The lowest BCUT2D eigenvalue weighted by Gasteiger charge is -2.17. The Hall–Kier alpha value is -3.91. The first kappa shape index (κ1) is 22.3. The molecule has 3 aromatic carbocycles. The van der Waals surface area contributed by atoms with Gasteiger partial charge in [0.15, 0.2) is 5.17 Å². The number of nitrogens with zero attached hydrogens (tertiary/aromatic N) is 2. The van der Waals surface area contributed by atoms with Crippen molar-refractivity contribution in [2.75, 3.05) is 23.1 Å². The summed E-state index contributed by atoms with van der Waals surface area (Å²) >= 11 is 1.12. The fourth-order valence-electron chi connectivity index (χ4n) is 3.15. The quantitative estimate of drug-likeness (QED) is 0.528. The van der Waals surface area contributed by atoms with Crippen LogP contribution < -0.4 is 15.0 Å². The molecule has 1 aliphatic rings. The number of carbonyl (C=O) groups excluding carboxylic acids is 2. The lowest BCUT2D eigenvalue weighted by Crippen LogP contribution is -2.31. The number of carbonyl (C=O) groups is 2. The molecule has 1 aliphatic heterocycles. The monoisotopic (exact) mass is 461 g/mol. The van der Waals surface area contributed by atoms with Gasteiger partial charge >= 0.3 is 0 Å². The molecule has 1 heterocycles. The van der Waals surface area contributed by atoms with Gasteiger partial charge in [0.05, 0.1) is 18.6 Å². The summed E-state index contributed by atoms with van der Waals surface area (Å²) in [5, 5.41) is 3.14. The Morgan fingerprint density at radius 2 is 1.85 bits per heavy atom. The molecule has 0 radical (unpaired) electrons. The predicted molar refractivity (Wildman–Crippen MR) is 130 cm³/mol. The first-order valence-electron chi connectivity index (χ1n) is 10.1. The van der Waals surface area contributed by atoms with Crippen molar-refractivity contribution in [1.82, 2.24) is 0 Å². The molecule has 0 fully saturated rings. The minimum absolute atomic E-state index is 0.0274. The third kappa shape index (κ3) is 5.48. The molecule has 6 nitrogen and oxygen atoms in total. The Labute approximate surface area is 194 Å². The second-order valence-corrected chi connectivity index (χ2v) is 7.96. The zero-order chi connectivity index (χ0) is 23.2. The summed E-state index contributed by atoms with van der Waals surface area (Å²) in [4.78, 5) is 31.5. The lowest BCUT2D eigenvalue weighted by molar-refractivity contribution is -0.114. The number of amides is 2. The van der Waals surface area contributed by atoms with E-state index in [-0.39, 0.29) is 23.3 Å². The predicted octanol–water partition coefficient (Wildman–Crippen LogP) is 4.95. The molecule has 0 unspecified atom stereocenters. The Morgan fingerprint density at radius 1 is 1.09 bits per heavy atom. The van der Waals surface area contributed by atoms with Crippen molar-refractivity contribution >= 4 is 46.2 Å². The van der Waals surface area contributed by atoms with E-state index < -0.39 is 5.82 Å². The molecule has 0 atom stereocenters. The highest BCUT2D eigenvalue weighted by molar-refractivity contribution is 8.14. The van der Waals surface area contributed by atoms with Crippen LogP contribution in [0, 0.1) is 5.82 Å². The Balaban J connectivity index is 1.54. The van der Waals surface area contributed by atoms with Gasteiger partial charge in [0.1, 0.15) is 17.3 Å². The number of aliphatic imine (C=N–C) groups is 1. The minimum Gasteiger partial charge on any atom is -0.497 e. The second kappa shape index (κ2) is 10.1. The third-order valence-corrected chi connectivity index (χ3v) is 5.64. The smallest absolute Gasteiger partial charge is 0.283 e. The van der Waals surface area contributed by atoms with Crippen LogP contribution in [0.4, 0.5) is 15.8 Å². The van der Waals surface area contributed by atoms with Crippen LogP contribution in [-0.4, -0.2) is 29.8 Å². The Kier molecular flexibility index (Phi) is 6.85. The van der Waals surface area contributed by atoms with E-state index in [4.69, 9.17) is 4.74 Å². The van der Waals surface area contributed by atoms with Crippen molar-refractivity contribution in [1.29, 1.82) is 0 Å². The molecule has 0 saturated heterocycles. The maximum absolute atomic E-state index is 13.4. The van der Waals surface area contributed by atoms with Crippen LogP contribution in [0.25, 0.3) is 6.08 Å². The zero-order valence-electron chi connectivity index (χ0n) is 17.7. The van der Waals surface area contributed by atoms with E-state index in [9.17, 15) is 14.0 Å². The molecular weight excluding hydrogens is 441 g/mol. The molecule has 2 amide bonds. The molecule has 0 spiro atoms. The van der Waals surface area contributed by atoms with Crippen LogP contribution in [0.2, 0.25) is 0 Å². The number of halogens is 1. The van der Waals surface area contributed by atoms with Gasteiger partial charge in [-0.3, -0.25) is 14.5 Å². The largest absolute Gasteiger partial charge is 0.497 e. The number of rotatable bonds is 6. The maximum atomic E-state index is 13.4. The van der Waals surface area contributed by atoms with Gasteiger partial charge in [-0.25, -0.2) is 9.38 Å². The Bertz CT molecular complexity index is 1230. The molecule has 1 N–H and O–H groups in total. The number of amidine groups is 1. The summed E-state index contributed by atoms with van der Waals surface area (Å²) in [7, 11) is 1.55. The summed E-state index contributed by atoms with van der Waals surface area (Å²) in [5.74, 6) is -0.359. The molecule has 0 saturated carbocycles. The highest BCUT2D eigenvalue weighted by atomic mass is 32.2.